The monoisotopic (exact) mass is 287 g/mol. The number of nitrogens with two attached hydrogens (primary N) is 1. The Kier molecular flexibility index (Phi) is 4.48. The zero-order valence-electron chi connectivity index (χ0n) is 9.20. The van der Waals surface area contributed by atoms with Crippen LogP contribution in [0.2, 0.25) is 0 Å². The van der Waals surface area contributed by atoms with Crippen LogP contribution in [0.25, 0.3) is 0 Å². The molecule has 16 heavy (non-hydrogen) atoms. The first kappa shape index (κ1) is 12.7. The highest BCUT2D eigenvalue weighted by atomic mass is 79.9. The van der Waals surface area contributed by atoms with Gasteiger partial charge in [-0.3, -0.25) is 4.79 Å². The van der Waals surface area contributed by atoms with E-state index in [1.165, 1.54) is 0 Å². The van der Waals surface area contributed by atoms with Gasteiger partial charge in [0, 0.05) is 33.3 Å². The van der Waals surface area contributed by atoms with E-state index in [1.807, 2.05) is 0 Å². The first-order valence-electron chi connectivity index (χ1n) is 4.72. The van der Waals surface area contributed by atoms with Gasteiger partial charge in [0.1, 0.15) is 5.82 Å². The number of nitrogens with one attached hydrogen (secondary N) is 1. The summed E-state index contributed by atoms with van der Waals surface area (Å²) in [6.07, 6.45) is 1.97. The number of amides is 1. The fourth-order valence-corrected chi connectivity index (χ4v) is 1.35. The smallest absolute Gasteiger partial charge is 0.223 e. The number of nitrogens with zero attached hydrogens (tertiary/aromatic N) is 3. The topological polar surface area (TPSA) is 84.1 Å². The highest BCUT2D eigenvalue weighted by Crippen LogP contribution is 2.18. The molecule has 1 aromatic heterocycles. The molecule has 7 heteroatoms. The molecule has 0 aliphatic carbocycles. The molecular weight excluding hydrogens is 274 g/mol. The summed E-state index contributed by atoms with van der Waals surface area (Å²) >= 11 is 3.29. The lowest BCUT2D eigenvalue weighted by Gasteiger charge is -2.11. The van der Waals surface area contributed by atoms with E-state index in [-0.39, 0.29) is 11.9 Å². The molecule has 0 unspecified atom stereocenters. The van der Waals surface area contributed by atoms with Crippen LogP contribution in [-0.2, 0) is 4.79 Å². The van der Waals surface area contributed by atoms with Crippen LogP contribution >= 0.6 is 15.9 Å². The minimum atomic E-state index is 0.0608. The van der Waals surface area contributed by atoms with Gasteiger partial charge in [-0.15, -0.1) is 0 Å². The molecule has 0 aliphatic heterocycles. The van der Waals surface area contributed by atoms with E-state index in [0.29, 0.717) is 18.8 Å². The van der Waals surface area contributed by atoms with E-state index < -0.39 is 0 Å². The van der Waals surface area contributed by atoms with Crippen LogP contribution in [0.4, 0.5) is 11.8 Å². The first-order valence-corrected chi connectivity index (χ1v) is 5.52. The van der Waals surface area contributed by atoms with Crippen LogP contribution in [0.1, 0.15) is 6.42 Å². The Morgan fingerprint density at radius 2 is 2.31 bits per heavy atom. The second kappa shape index (κ2) is 5.64. The fourth-order valence-electron chi connectivity index (χ4n) is 1.02. The molecule has 0 aromatic carbocycles. The van der Waals surface area contributed by atoms with Gasteiger partial charge in [-0.2, -0.15) is 4.98 Å². The lowest BCUT2D eigenvalue weighted by Crippen LogP contribution is -2.24. The van der Waals surface area contributed by atoms with Gasteiger partial charge >= 0.3 is 0 Å². The van der Waals surface area contributed by atoms with E-state index in [9.17, 15) is 4.79 Å². The lowest BCUT2D eigenvalue weighted by atomic mass is 10.4. The van der Waals surface area contributed by atoms with E-state index in [2.05, 4.69) is 31.2 Å². The molecule has 0 fully saturated rings. The highest BCUT2D eigenvalue weighted by Gasteiger charge is 2.05. The molecule has 3 N–H and O–H groups in total. The molecule has 1 heterocycles. The van der Waals surface area contributed by atoms with Crippen molar-refractivity contribution < 1.29 is 4.79 Å². The van der Waals surface area contributed by atoms with E-state index in [4.69, 9.17) is 5.73 Å². The quantitative estimate of drug-likeness (QED) is 0.852. The maximum Gasteiger partial charge on any atom is 0.223 e. The molecule has 6 nitrogen and oxygen atoms in total. The Labute approximate surface area is 102 Å². The number of rotatable bonds is 4. The molecule has 1 aromatic rings. The van der Waals surface area contributed by atoms with Crippen LogP contribution in [0.3, 0.4) is 0 Å². The molecule has 1 amide bonds. The molecule has 0 atom stereocenters. The Balaban J connectivity index is 2.49. The molecule has 88 valence electrons. The summed E-state index contributed by atoms with van der Waals surface area (Å²) in [5, 5.41) is 3.01. The second-order valence-electron chi connectivity index (χ2n) is 3.39. The number of halogens is 1. The predicted molar refractivity (Wildman–Crippen MR) is 65.9 cm³/mol. The standard InChI is InChI=1S/C9H14BrN5O/c1-15(2)7(16)3-4-12-8-6(10)5-13-9(11)14-8/h5H,3-4H2,1-2H3,(H3,11,12,13,14). The average molecular weight is 288 g/mol. The van der Waals surface area contributed by atoms with Gasteiger partial charge in [0.25, 0.3) is 0 Å². The van der Waals surface area contributed by atoms with Crippen LogP contribution in [0.15, 0.2) is 10.7 Å². The van der Waals surface area contributed by atoms with Crippen LogP contribution < -0.4 is 11.1 Å². The predicted octanol–water partition coefficient (Wildman–Crippen LogP) is 0.712. The van der Waals surface area contributed by atoms with Crippen molar-refractivity contribution in [3.05, 3.63) is 10.7 Å². The van der Waals surface area contributed by atoms with E-state index >= 15 is 0 Å². The number of hydrogen-bond acceptors (Lipinski definition) is 5. The number of nitrogen functional groups attached to an aromatic ring is 1. The molecule has 0 bridgehead atoms. The van der Waals surface area contributed by atoms with Crippen LogP contribution in [0.5, 0.6) is 0 Å². The SMILES string of the molecule is CN(C)C(=O)CCNc1nc(N)ncc1Br. The largest absolute Gasteiger partial charge is 0.368 e. The molecule has 1 rings (SSSR count). The van der Waals surface area contributed by atoms with Crippen molar-refractivity contribution in [3.63, 3.8) is 0 Å². The van der Waals surface area contributed by atoms with Gasteiger partial charge in [-0.25, -0.2) is 4.98 Å². The summed E-state index contributed by atoms with van der Waals surface area (Å²) in [6.45, 7) is 0.506. The summed E-state index contributed by atoms with van der Waals surface area (Å²) in [6, 6.07) is 0. The third-order valence-corrected chi connectivity index (χ3v) is 2.47. The summed E-state index contributed by atoms with van der Waals surface area (Å²) in [5.74, 6) is 0.856. The van der Waals surface area contributed by atoms with Crippen molar-refractivity contribution in [1.29, 1.82) is 0 Å². The highest BCUT2D eigenvalue weighted by molar-refractivity contribution is 9.10. The second-order valence-corrected chi connectivity index (χ2v) is 4.24. The van der Waals surface area contributed by atoms with E-state index in [1.54, 1.807) is 25.2 Å². The Morgan fingerprint density at radius 1 is 1.62 bits per heavy atom. The van der Waals surface area contributed by atoms with Crippen LogP contribution in [0, 0.1) is 0 Å². The van der Waals surface area contributed by atoms with Gasteiger partial charge in [0.15, 0.2) is 0 Å². The number of hydrogen-bond donors (Lipinski definition) is 2. The number of anilines is 2. The minimum absolute atomic E-state index is 0.0608. The molecule has 0 spiro atoms. The molecule has 0 saturated carbocycles. The van der Waals surface area contributed by atoms with Crippen molar-refractivity contribution >= 4 is 33.6 Å². The van der Waals surface area contributed by atoms with Crippen molar-refractivity contribution in [2.24, 2.45) is 0 Å². The van der Waals surface area contributed by atoms with E-state index in [0.717, 1.165) is 4.47 Å². The lowest BCUT2D eigenvalue weighted by molar-refractivity contribution is -0.128. The Hall–Kier alpha value is -1.37. The first-order chi connectivity index (χ1) is 7.50. The van der Waals surface area contributed by atoms with Crippen molar-refractivity contribution in [2.75, 3.05) is 31.7 Å². The van der Waals surface area contributed by atoms with Crippen LogP contribution in [-0.4, -0.2) is 41.4 Å². The number of carbonyl (C=O) groups excluding carboxylic acids is 1. The van der Waals surface area contributed by atoms with Gasteiger partial charge in [0.2, 0.25) is 11.9 Å². The van der Waals surface area contributed by atoms with Crippen molar-refractivity contribution in [1.82, 2.24) is 14.9 Å². The molecular formula is C9H14BrN5O. The molecule has 0 radical (unpaired) electrons. The summed E-state index contributed by atoms with van der Waals surface area (Å²) in [5.41, 5.74) is 5.45. The van der Waals surface area contributed by atoms with Gasteiger partial charge in [-0.05, 0) is 15.9 Å². The Bertz CT molecular complexity index is 382. The fraction of sp³-hybridized carbons (Fsp3) is 0.444. The third kappa shape index (κ3) is 3.65. The molecule has 0 saturated heterocycles. The maximum atomic E-state index is 11.3. The van der Waals surface area contributed by atoms with Gasteiger partial charge in [-0.1, -0.05) is 0 Å². The Morgan fingerprint density at radius 3 is 2.94 bits per heavy atom. The maximum absolute atomic E-state index is 11.3. The molecule has 0 aliphatic rings. The average Bonchev–Trinajstić information content (AvgIpc) is 2.22. The van der Waals surface area contributed by atoms with Crippen molar-refractivity contribution in [3.8, 4) is 0 Å². The number of aromatic nitrogens is 2. The van der Waals surface area contributed by atoms with Gasteiger partial charge in [0.05, 0.1) is 4.47 Å². The zero-order chi connectivity index (χ0) is 12.1. The minimum Gasteiger partial charge on any atom is -0.368 e. The normalized spacial score (nSPS) is 9.94. The summed E-state index contributed by atoms with van der Waals surface area (Å²) in [4.78, 5) is 20.7. The zero-order valence-corrected chi connectivity index (χ0v) is 10.8. The third-order valence-electron chi connectivity index (χ3n) is 1.89. The van der Waals surface area contributed by atoms with Crippen molar-refractivity contribution in [2.45, 2.75) is 6.42 Å². The number of carbonyl (C=O) groups is 1. The summed E-state index contributed by atoms with van der Waals surface area (Å²) in [7, 11) is 3.45. The summed E-state index contributed by atoms with van der Waals surface area (Å²) < 4.78 is 0.721. The van der Waals surface area contributed by atoms with Gasteiger partial charge < -0.3 is 16.0 Å².